The summed E-state index contributed by atoms with van der Waals surface area (Å²) in [4.78, 5) is 12.4. The summed E-state index contributed by atoms with van der Waals surface area (Å²) < 4.78 is 5.83. The van der Waals surface area contributed by atoms with Gasteiger partial charge < -0.3 is 15.8 Å². The lowest BCUT2D eigenvalue weighted by Crippen LogP contribution is -2.56. The number of hydrogen-bond acceptors (Lipinski definition) is 3. The maximum Gasteiger partial charge on any atom is 0.261 e. The number of halogens is 1. The third-order valence-corrected chi connectivity index (χ3v) is 4.86. The second-order valence-electron chi connectivity index (χ2n) is 7.32. The van der Waals surface area contributed by atoms with Crippen molar-refractivity contribution >= 4 is 18.3 Å². The number of rotatable bonds is 7. The van der Waals surface area contributed by atoms with E-state index in [4.69, 9.17) is 10.5 Å². The molecule has 1 amide bonds. The zero-order valence-corrected chi connectivity index (χ0v) is 16.2. The first kappa shape index (κ1) is 20.8. The van der Waals surface area contributed by atoms with Gasteiger partial charge in [0.25, 0.3) is 5.91 Å². The number of ether oxygens (including phenoxy) is 1. The van der Waals surface area contributed by atoms with Crippen molar-refractivity contribution in [3.05, 3.63) is 29.3 Å². The Morgan fingerprint density at radius 3 is 2.46 bits per heavy atom. The number of aryl methyl sites for hydroxylation is 1. The molecule has 1 saturated carbocycles. The van der Waals surface area contributed by atoms with Gasteiger partial charge in [-0.1, -0.05) is 19.9 Å². The molecule has 2 atom stereocenters. The van der Waals surface area contributed by atoms with Crippen molar-refractivity contribution in [2.75, 3.05) is 6.54 Å². The highest BCUT2D eigenvalue weighted by molar-refractivity contribution is 5.85. The third kappa shape index (κ3) is 4.87. The maximum atomic E-state index is 12.4. The van der Waals surface area contributed by atoms with Crippen molar-refractivity contribution in [1.29, 1.82) is 0 Å². The Balaban J connectivity index is 0.00000288. The Labute approximate surface area is 151 Å². The summed E-state index contributed by atoms with van der Waals surface area (Å²) in [5.41, 5.74) is 8.04. The van der Waals surface area contributed by atoms with E-state index in [0.29, 0.717) is 18.4 Å². The van der Waals surface area contributed by atoms with Gasteiger partial charge >= 0.3 is 0 Å². The minimum absolute atomic E-state index is 0. The van der Waals surface area contributed by atoms with E-state index < -0.39 is 6.10 Å². The lowest BCUT2D eigenvalue weighted by atomic mass is 9.95. The molecule has 2 rings (SSSR count). The summed E-state index contributed by atoms with van der Waals surface area (Å²) in [6, 6.07) is 6.02. The zero-order valence-electron chi connectivity index (χ0n) is 15.4. The smallest absolute Gasteiger partial charge is 0.261 e. The van der Waals surface area contributed by atoms with Crippen LogP contribution >= 0.6 is 12.4 Å². The van der Waals surface area contributed by atoms with Gasteiger partial charge in [0.15, 0.2) is 6.10 Å². The van der Waals surface area contributed by atoms with E-state index >= 15 is 0 Å². The van der Waals surface area contributed by atoms with Crippen LogP contribution in [0.4, 0.5) is 0 Å². The first-order valence-electron chi connectivity index (χ1n) is 8.56. The van der Waals surface area contributed by atoms with E-state index in [0.717, 1.165) is 18.6 Å². The van der Waals surface area contributed by atoms with Crippen LogP contribution < -0.4 is 15.8 Å². The van der Waals surface area contributed by atoms with Crippen LogP contribution in [0.1, 0.15) is 57.6 Å². The molecule has 5 heteroatoms. The van der Waals surface area contributed by atoms with Gasteiger partial charge in [-0.15, -0.1) is 12.4 Å². The Hall–Kier alpha value is -1.26. The third-order valence-electron chi connectivity index (χ3n) is 4.86. The molecule has 0 radical (unpaired) electrons. The fourth-order valence-electron chi connectivity index (χ4n) is 3.05. The molecule has 136 valence electrons. The van der Waals surface area contributed by atoms with E-state index in [1.165, 1.54) is 11.1 Å². The Kier molecular flexibility index (Phi) is 7.11. The molecule has 4 nitrogen and oxygen atoms in total. The topological polar surface area (TPSA) is 64.3 Å². The van der Waals surface area contributed by atoms with Crippen LogP contribution in [0, 0.1) is 12.8 Å². The van der Waals surface area contributed by atoms with Crippen molar-refractivity contribution in [3.63, 3.8) is 0 Å². The highest BCUT2D eigenvalue weighted by Crippen LogP contribution is 2.39. The highest BCUT2D eigenvalue weighted by Gasteiger charge is 2.42. The molecule has 0 saturated heterocycles. The van der Waals surface area contributed by atoms with Gasteiger partial charge in [0, 0.05) is 6.54 Å². The van der Waals surface area contributed by atoms with Crippen LogP contribution in [0.3, 0.4) is 0 Å². The standard InChI is InChI=1S/C19H30N2O2.ClH/c1-12(2)17-9-8-16(10-13(17)3)23-14(4)18(22)21-19(5,11-20)15-6-7-15;/h8-10,12,14-15H,6-7,11,20H2,1-5H3,(H,21,22);1H. The van der Waals surface area contributed by atoms with Crippen molar-refractivity contribution in [1.82, 2.24) is 5.32 Å². The molecule has 2 unspecified atom stereocenters. The number of benzene rings is 1. The number of nitrogens with one attached hydrogen (secondary N) is 1. The molecule has 0 aromatic heterocycles. The van der Waals surface area contributed by atoms with Crippen LogP contribution in [0.2, 0.25) is 0 Å². The van der Waals surface area contributed by atoms with Gasteiger partial charge in [0.2, 0.25) is 0 Å². The van der Waals surface area contributed by atoms with Crippen LogP contribution in [0.5, 0.6) is 5.75 Å². The molecule has 3 N–H and O–H groups in total. The van der Waals surface area contributed by atoms with Crippen molar-refractivity contribution < 1.29 is 9.53 Å². The second-order valence-corrected chi connectivity index (χ2v) is 7.32. The quantitative estimate of drug-likeness (QED) is 0.787. The molecular formula is C19H31ClN2O2. The van der Waals surface area contributed by atoms with Gasteiger partial charge in [-0.25, -0.2) is 0 Å². The molecule has 0 bridgehead atoms. The predicted molar refractivity (Wildman–Crippen MR) is 101 cm³/mol. The number of nitrogens with two attached hydrogens (primary N) is 1. The van der Waals surface area contributed by atoms with E-state index in [9.17, 15) is 4.79 Å². The molecule has 1 aromatic carbocycles. The van der Waals surface area contributed by atoms with Crippen LogP contribution in [-0.4, -0.2) is 24.1 Å². The van der Waals surface area contributed by atoms with Crippen LogP contribution in [-0.2, 0) is 4.79 Å². The normalized spacial score (nSPS) is 17.6. The second kappa shape index (κ2) is 8.21. The molecule has 0 spiro atoms. The summed E-state index contributed by atoms with van der Waals surface area (Å²) in [7, 11) is 0. The fraction of sp³-hybridized carbons (Fsp3) is 0.632. The summed E-state index contributed by atoms with van der Waals surface area (Å²) in [5, 5.41) is 3.08. The van der Waals surface area contributed by atoms with E-state index in [1.54, 1.807) is 6.92 Å². The summed E-state index contributed by atoms with van der Waals surface area (Å²) in [6.45, 7) is 10.7. The number of amides is 1. The number of carbonyl (C=O) groups excluding carboxylic acids is 1. The van der Waals surface area contributed by atoms with Crippen molar-refractivity contribution in [3.8, 4) is 5.75 Å². The first-order valence-corrected chi connectivity index (χ1v) is 8.56. The van der Waals surface area contributed by atoms with E-state index in [-0.39, 0.29) is 23.9 Å². The Morgan fingerprint density at radius 1 is 1.38 bits per heavy atom. The summed E-state index contributed by atoms with van der Waals surface area (Å²) in [6.07, 6.45) is 1.74. The average molecular weight is 355 g/mol. The monoisotopic (exact) mass is 354 g/mol. The fourth-order valence-corrected chi connectivity index (χ4v) is 3.05. The highest BCUT2D eigenvalue weighted by atomic mass is 35.5. The lowest BCUT2D eigenvalue weighted by molar-refractivity contribution is -0.129. The molecule has 1 aromatic rings. The van der Waals surface area contributed by atoms with Gasteiger partial charge in [0.1, 0.15) is 5.75 Å². The predicted octanol–water partition coefficient (Wildman–Crippen LogP) is 3.55. The molecule has 1 fully saturated rings. The number of carbonyl (C=O) groups is 1. The molecule has 1 aliphatic rings. The molecule has 0 aliphatic heterocycles. The summed E-state index contributed by atoms with van der Waals surface area (Å²) in [5.74, 6) is 1.61. The largest absolute Gasteiger partial charge is 0.481 e. The Bertz CT molecular complexity index is 572. The SMILES string of the molecule is Cc1cc(OC(C)C(=O)NC(C)(CN)C2CC2)ccc1C(C)C.Cl. The van der Waals surface area contributed by atoms with Gasteiger partial charge in [-0.05, 0) is 68.7 Å². The maximum absolute atomic E-state index is 12.4. The van der Waals surface area contributed by atoms with Crippen LogP contribution in [0.25, 0.3) is 0 Å². The number of hydrogen-bond donors (Lipinski definition) is 2. The first-order chi connectivity index (χ1) is 10.8. The molecule has 1 aliphatic carbocycles. The lowest BCUT2D eigenvalue weighted by Gasteiger charge is -2.31. The molecule has 24 heavy (non-hydrogen) atoms. The minimum Gasteiger partial charge on any atom is -0.481 e. The Morgan fingerprint density at radius 2 is 2.00 bits per heavy atom. The zero-order chi connectivity index (χ0) is 17.2. The molecular weight excluding hydrogens is 324 g/mol. The van der Waals surface area contributed by atoms with Gasteiger partial charge in [-0.3, -0.25) is 4.79 Å². The minimum atomic E-state index is -0.538. The van der Waals surface area contributed by atoms with E-state index in [2.05, 4.69) is 32.2 Å². The van der Waals surface area contributed by atoms with Crippen LogP contribution in [0.15, 0.2) is 18.2 Å². The van der Waals surface area contributed by atoms with Gasteiger partial charge in [0.05, 0.1) is 5.54 Å². The van der Waals surface area contributed by atoms with Gasteiger partial charge in [-0.2, -0.15) is 0 Å². The van der Waals surface area contributed by atoms with Crippen molar-refractivity contribution in [2.45, 2.75) is 65.0 Å². The molecule has 0 heterocycles. The summed E-state index contributed by atoms with van der Waals surface area (Å²) >= 11 is 0. The van der Waals surface area contributed by atoms with Crippen molar-refractivity contribution in [2.24, 2.45) is 11.7 Å². The average Bonchev–Trinajstić information content (AvgIpc) is 3.31. The van der Waals surface area contributed by atoms with E-state index in [1.807, 2.05) is 19.1 Å².